The van der Waals surface area contributed by atoms with Crippen molar-refractivity contribution < 1.29 is 14.3 Å². The molecule has 1 fully saturated rings. The van der Waals surface area contributed by atoms with Gasteiger partial charge in [0.2, 0.25) is 0 Å². The highest BCUT2D eigenvalue weighted by atomic mass is 79.9. The summed E-state index contributed by atoms with van der Waals surface area (Å²) < 4.78 is 12.7. The summed E-state index contributed by atoms with van der Waals surface area (Å²) in [4.78, 5) is 13.1. The first-order chi connectivity index (χ1) is 9.61. The van der Waals surface area contributed by atoms with Crippen LogP contribution >= 0.6 is 43.2 Å². The number of carbonyl (C=O) groups is 1. The summed E-state index contributed by atoms with van der Waals surface area (Å²) in [6.07, 6.45) is 2.33. The third kappa shape index (κ3) is 4.27. The monoisotopic (exact) mass is 425 g/mol. The van der Waals surface area contributed by atoms with Crippen LogP contribution in [0.3, 0.4) is 0 Å². The maximum atomic E-state index is 12.1. The van der Waals surface area contributed by atoms with E-state index < -0.39 is 6.04 Å². The van der Waals surface area contributed by atoms with Gasteiger partial charge in [-0.2, -0.15) is 0 Å². The second-order valence-corrected chi connectivity index (χ2v) is 7.75. The normalized spacial score (nSPS) is 20.1. The molecule has 0 aromatic carbocycles. The minimum absolute atomic E-state index is 0.193. The van der Waals surface area contributed by atoms with E-state index in [1.165, 1.54) is 11.3 Å². The number of hydrogen-bond donors (Lipinski definition) is 1. The lowest BCUT2D eigenvalue weighted by Crippen LogP contribution is -2.35. The zero-order valence-electron chi connectivity index (χ0n) is 11.2. The Morgan fingerprint density at radius 3 is 3.00 bits per heavy atom. The van der Waals surface area contributed by atoms with Crippen molar-refractivity contribution in [3.8, 4) is 0 Å². The number of esters is 1. The lowest BCUT2D eigenvalue weighted by atomic mass is 10.2. The van der Waals surface area contributed by atoms with Gasteiger partial charge in [-0.3, -0.25) is 5.32 Å². The Balaban J connectivity index is 2.05. The molecule has 2 heterocycles. The first-order valence-electron chi connectivity index (χ1n) is 6.58. The van der Waals surface area contributed by atoms with Gasteiger partial charge in [-0.1, -0.05) is 0 Å². The smallest absolute Gasteiger partial charge is 0.328 e. The van der Waals surface area contributed by atoms with Gasteiger partial charge in [0.1, 0.15) is 6.04 Å². The maximum absolute atomic E-state index is 12.1. The fourth-order valence-electron chi connectivity index (χ4n) is 2.09. The molecule has 0 amide bonds. The number of carbonyl (C=O) groups excluding carboxylic acids is 1. The summed E-state index contributed by atoms with van der Waals surface area (Å²) >= 11 is 8.43. The SMILES string of the molecule is CCOC(=O)C(NCC1CCCO1)c1cc(Br)c(Br)s1. The van der Waals surface area contributed by atoms with Crippen LogP contribution in [-0.2, 0) is 14.3 Å². The van der Waals surface area contributed by atoms with Crippen LogP contribution in [-0.4, -0.2) is 31.8 Å². The van der Waals surface area contributed by atoms with Gasteiger partial charge in [0.25, 0.3) is 0 Å². The van der Waals surface area contributed by atoms with Crippen LogP contribution in [0.15, 0.2) is 14.3 Å². The molecular weight excluding hydrogens is 410 g/mol. The van der Waals surface area contributed by atoms with Crippen molar-refractivity contribution in [2.45, 2.75) is 31.9 Å². The number of halogens is 2. The fourth-order valence-corrected chi connectivity index (χ4v) is 4.24. The van der Waals surface area contributed by atoms with Gasteiger partial charge in [-0.25, -0.2) is 4.79 Å². The third-order valence-corrected chi connectivity index (χ3v) is 6.37. The first kappa shape index (κ1) is 16.4. The van der Waals surface area contributed by atoms with Crippen molar-refractivity contribution >= 4 is 49.2 Å². The quantitative estimate of drug-likeness (QED) is 0.705. The topological polar surface area (TPSA) is 47.6 Å². The van der Waals surface area contributed by atoms with Crippen LogP contribution in [0.25, 0.3) is 0 Å². The first-order valence-corrected chi connectivity index (χ1v) is 8.98. The van der Waals surface area contributed by atoms with Gasteiger partial charge in [-0.15, -0.1) is 11.3 Å². The van der Waals surface area contributed by atoms with E-state index in [-0.39, 0.29) is 12.1 Å². The molecule has 0 spiro atoms. The number of thiophene rings is 1. The van der Waals surface area contributed by atoms with Crippen LogP contribution in [0.1, 0.15) is 30.7 Å². The molecule has 2 rings (SSSR count). The van der Waals surface area contributed by atoms with Crippen molar-refractivity contribution in [1.82, 2.24) is 5.32 Å². The molecule has 112 valence electrons. The molecule has 0 saturated carbocycles. The molecule has 0 aliphatic carbocycles. The number of nitrogens with one attached hydrogen (secondary N) is 1. The zero-order chi connectivity index (χ0) is 14.5. The van der Waals surface area contributed by atoms with E-state index in [9.17, 15) is 4.79 Å². The summed E-state index contributed by atoms with van der Waals surface area (Å²) in [7, 11) is 0. The molecular formula is C13H17Br2NO3S. The number of rotatable bonds is 6. The molecule has 1 N–H and O–H groups in total. The molecule has 2 unspecified atom stereocenters. The molecule has 1 aromatic heterocycles. The van der Waals surface area contributed by atoms with Gasteiger partial charge in [0.15, 0.2) is 0 Å². The van der Waals surface area contributed by atoms with E-state index in [1.54, 1.807) is 0 Å². The molecule has 0 bridgehead atoms. The Morgan fingerprint density at radius 1 is 1.65 bits per heavy atom. The largest absolute Gasteiger partial charge is 0.465 e. The second kappa shape index (κ2) is 7.89. The number of ether oxygens (including phenoxy) is 2. The van der Waals surface area contributed by atoms with Crippen LogP contribution < -0.4 is 5.32 Å². The summed E-state index contributed by atoms with van der Waals surface area (Å²) in [6, 6.07) is 1.51. The van der Waals surface area contributed by atoms with Gasteiger partial charge < -0.3 is 9.47 Å². The predicted molar refractivity (Wildman–Crippen MR) is 86.1 cm³/mol. The summed E-state index contributed by atoms with van der Waals surface area (Å²) in [5.41, 5.74) is 0. The lowest BCUT2D eigenvalue weighted by molar-refractivity contribution is -0.145. The molecule has 20 heavy (non-hydrogen) atoms. The van der Waals surface area contributed by atoms with E-state index in [1.807, 2.05) is 13.0 Å². The van der Waals surface area contributed by atoms with Crippen molar-refractivity contribution in [3.05, 3.63) is 19.2 Å². The van der Waals surface area contributed by atoms with Crippen molar-refractivity contribution in [1.29, 1.82) is 0 Å². The standard InChI is InChI=1S/C13H17Br2NO3S/c1-2-18-13(17)11(10-6-9(14)12(15)20-10)16-7-8-4-3-5-19-8/h6,8,11,16H,2-5,7H2,1H3. The van der Waals surface area contributed by atoms with E-state index in [2.05, 4.69) is 37.2 Å². The molecule has 7 heteroatoms. The Kier molecular flexibility index (Phi) is 6.48. The van der Waals surface area contributed by atoms with E-state index in [0.29, 0.717) is 13.2 Å². The zero-order valence-corrected chi connectivity index (χ0v) is 15.1. The van der Waals surface area contributed by atoms with Crippen LogP contribution in [0.4, 0.5) is 0 Å². The van der Waals surface area contributed by atoms with Crippen molar-refractivity contribution in [2.24, 2.45) is 0 Å². The van der Waals surface area contributed by atoms with Crippen molar-refractivity contribution in [2.75, 3.05) is 19.8 Å². The summed E-state index contributed by atoms with van der Waals surface area (Å²) in [5, 5.41) is 3.27. The molecule has 1 aliphatic heterocycles. The minimum atomic E-state index is -0.438. The van der Waals surface area contributed by atoms with Gasteiger partial charge >= 0.3 is 5.97 Å². The molecule has 4 nitrogen and oxygen atoms in total. The average molecular weight is 427 g/mol. The van der Waals surface area contributed by atoms with Gasteiger partial charge in [0, 0.05) is 22.5 Å². The fraction of sp³-hybridized carbons (Fsp3) is 0.615. The summed E-state index contributed by atoms with van der Waals surface area (Å²) in [6.45, 7) is 3.67. The average Bonchev–Trinajstić information content (AvgIpc) is 3.02. The second-order valence-electron chi connectivity index (χ2n) is 4.50. The summed E-state index contributed by atoms with van der Waals surface area (Å²) in [5.74, 6) is -0.244. The Hall–Kier alpha value is 0.0500. The minimum Gasteiger partial charge on any atom is -0.465 e. The van der Waals surface area contributed by atoms with E-state index in [0.717, 1.165) is 32.6 Å². The van der Waals surface area contributed by atoms with Crippen LogP contribution in [0.2, 0.25) is 0 Å². The van der Waals surface area contributed by atoms with E-state index in [4.69, 9.17) is 9.47 Å². The Morgan fingerprint density at radius 2 is 2.45 bits per heavy atom. The third-order valence-electron chi connectivity index (χ3n) is 3.04. The molecule has 1 aromatic rings. The Labute approximate surface area is 139 Å². The number of hydrogen-bond acceptors (Lipinski definition) is 5. The molecule has 2 atom stereocenters. The maximum Gasteiger partial charge on any atom is 0.328 e. The molecule has 0 radical (unpaired) electrons. The van der Waals surface area contributed by atoms with Crippen LogP contribution in [0, 0.1) is 0 Å². The Bertz CT molecular complexity index is 441. The highest BCUT2D eigenvalue weighted by Gasteiger charge is 2.26. The predicted octanol–water partition coefficient (Wildman–Crippen LogP) is 3.65. The highest BCUT2D eigenvalue weighted by molar-refractivity contribution is 9.13. The van der Waals surface area contributed by atoms with Gasteiger partial charge in [0.05, 0.1) is 16.5 Å². The van der Waals surface area contributed by atoms with E-state index >= 15 is 0 Å². The van der Waals surface area contributed by atoms with Crippen LogP contribution in [0.5, 0.6) is 0 Å². The molecule has 1 saturated heterocycles. The molecule has 1 aliphatic rings. The van der Waals surface area contributed by atoms with Gasteiger partial charge in [-0.05, 0) is 57.7 Å². The lowest BCUT2D eigenvalue weighted by Gasteiger charge is -2.18. The van der Waals surface area contributed by atoms with Crippen molar-refractivity contribution in [3.63, 3.8) is 0 Å². The highest BCUT2D eigenvalue weighted by Crippen LogP contribution is 2.36.